The maximum atomic E-state index is 12.3. The third-order valence-electron chi connectivity index (χ3n) is 4.58. The lowest BCUT2D eigenvalue weighted by molar-refractivity contribution is -0.128. The molecule has 0 N–H and O–H groups in total. The number of sulfone groups is 1. The molecule has 1 aliphatic heterocycles. The summed E-state index contributed by atoms with van der Waals surface area (Å²) in [6.07, 6.45) is 4.09. The summed E-state index contributed by atoms with van der Waals surface area (Å²) in [5.74, 6) is 0.685. The molecule has 0 unspecified atom stereocenters. The van der Waals surface area contributed by atoms with Crippen molar-refractivity contribution in [2.45, 2.75) is 36.6 Å². The first-order valence-electron chi connectivity index (χ1n) is 7.65. The minimum atomic E-state index is -2.95. The second-order valence-corrected chi connectivity index (χ2v) is 9.41. The number of benzene rings is 1. The van der Waals surface area contributed by atoms with Crippen molar-refractivity contribution in [2.75, 3.05) is 24.3 Å². The molecule has 4 nitrogen and oxygen atoms in total. The number of carbonyl (C=O) groups excluding carboxylic acids is 1. The Kier molecular flexibility index (Phi) is 4.50. The highest BCUT2D eigenvalue weighted by Gasteiger charge is 2.32. The SMILES string of the molecule is CN(C(=O)CSc1ccc2c(c1)CCC2)[C@H]1CCS(=O)(=O)C1. The van der Waals surface area contributed by atoms with Gasteiger partial charge in [0.15, 0.2) is 9.84 Å². The van der Waals surface area contributed by atoms with Gasteiger partial charge in [0.05, 0.1) is 17.3 Å². The summed E-state index contributed by atoms with van der Waals surface area (Å²) in [4.78, 5) is 15.0. The van der Waals surface area contributed by atoms with Crippen molar-refractivity contribution in [3.63, 3.8) is 0 Å². The normalized spacial score (nSPS) is 22.5. The fourth-order valence-electron chi connectivity index (χ4n) is 3.17. The molecule has 1 saturated heterocycles. The van der Waals surface area contributed by atoms with Gasteiger partial charge in [0.1, 0.15) is 0 Å². The number of amides is 1. The van der Waals surface area contributed by atoms with Gasteiger partial charge in [-0.25, -0.2) is 8.42 Å². The number of rotatable bonds is 4. The summed E-state index contributed by atoms with van der Waals surface area (Å²) < 4.78 is 23.0. The molecule has 0 spiro atoms. The molecular weight excluding hydrogens is 318 g/mol. The van der Waals surface area contributed by atoms with E-state index in [-0.39, 0.29) is 23.5 Å². The molecule has 6 heteroatoms. The van der Waals surface area contributed by atoms with Crippen molar-refractivity contribution in [3.05, 3.63) is 29.3 Å². The highest BCUT2D eigenvalue weighted by Crippen LogP contribution is 2.28. The lowest BCUT2D eigenvalue weighted by atomic mass is 10.1. The Morgan fingerprint density at radius 3 is 2.82 bits per heavy atom. The average Bonchev–Trinajstić information content (AvgIpc) is 3.09. The van der Waals surface area contributed by atoms with E-state index in [1.807, 2.05) is 0 Å². The van der Waals surface area contributed by atoms with Crippen LogP contribution in [0.25, 0.3) is 0 Å². The van der Waals surface area contributed by atoms with Crippen LogP contribution in [0.3, 0.4) is 0 Å². The number of fused-ring (bicyclic) bond motifs is 1. The molecule has 1 aliphatic carbocycles. The van der Waals surface area contributed by atoms with Crippen LogP contribution in [0.15, 0.2) is 23.1 Å². The standard InChI is InChI=1S/C16H21NO3S2/c1-17(14-7-8-22(19,20)11-14)16(18)10-21-15-6-5-12-3-2-4-13(12)9-15/h5-6,9,14H,2-4,7-8,10-11H2,1H3/t14-/m0/s1. The van der Waals surface area contributed by atoms with Crippen molar-refractivity contribution >= 4 is 27.5 Å². The summed E-state index contributed by atoms with van der Waals surface area (Å²) >= 11 is 1.54. The molecule has 22 heavy (non-hydrogen) atoms. The molecule has 1 amide bonds. The maximum Gasteiger partial charge on any atom is 0.232 e. The van der Waals surface area contributed by atoms with Crippen molar-refractivity contribution in [3.8, 4) is 0 Å². The first-order chi connectivity index (χ1) is 10.4. The molecule has 1 aromatic carbocycles. The maximum absolute atomic E-state index is 12.3. The van der Waals surface area contributed by atoms with Gasteiger partial charge in [-0.2, -0.15) is 0 Å². The van der Waals surface area contributed by atoms with E-state index >= 15 is 0 Å². The third kappa shape index (κ3) is 3.49. The molecule has 3 rings (SSSR count). The minimum Gasteiger partial charge on any atom is -0.341 e. The van der Waals surface area contributed by atoms with E-state index < -0.39 is 9.84 Å². The summed E-state index contributed by atoms with van der Waals surface area (Å²) in [6, 6.07) is 6.29. The summed E-state index contributed by atoms with van der Waals surface area (Å²) in [6.45, 7) is 0. The Balaban J connectivity index is 1.56. The monoisotopic (exact) mass is 339 g/mol. The van der Waals surface area contributed by atoms with Crippen LogP contribution in [-0.4, -0.2) is 49.6 Å². The zero-order chi connectivity index (χ0) is 15.7. The van der Waals surface area contributed by atoms with E-state index in [2.05, 4.69) is 18.2 Å². The van der Waals surface area contributed by atoms with E-state index in [9.17, 15) is 13.2 Å². The van der Waals surface area contributed by atoms with Gasteiger partial charge in [-0.15, -0.1) is 11.8 Å². The van der Waals surface area contributed by atoms with Crippen LogP contribution < -0.4 is 0 Å². The van der Waals surface area contributed by atoms with Crippen LogP contribution >= 0.6 is 11.8 Å². The number of hydrogen-bond acceptors (Lipinski definition) is 4. The van der Waals surface area contributed by atoms with Crippen LogP contribution in [0.2, 0.25) is 0 Å². The van der Waals surface area contributed by atoms with Crippen molar-refractivity contribution in [2.24, 2.45) is 0 Å². The van der Waals surface area contributed by atoms with Gasteiger partial charge in [-0.05, 0) is 48.9 Å². The van der Waals surface area contributed by atoms with Crippen LogP contribution in [0.1, 0.15) is 24.0 Å². The van der Waals surface area contributed by atoms with Gasteiger partial charge < -0.3 is 4.90 Å². The second kappa shape index (κ2) is 6.24. The smallest absolute Gasteiger partial charge is 0.232 e. The number of hydrogen-bond donors (Lipinski definition) is 0. The van der Waals surface area contributed by atoms with Crippen LogP contribution in [-0.2, 0) is 27.5 Å². The van der Waals surface area contributed by atoms with Crippen LogP contribution in [0.4, 0.5) is 0 Å². The largest absolute Gasteiger partial charge is 0.341 e. The highest BCUT2D eigenvalue weighted by molar-refractivity contribution is 8.00. The van der Waals surface area contributed by atoms with Gasteiger partial charge in [-0.1, -0.05) is 6.07 Å². The fourth-order valence-corrected chi connectivity index (χ4v) is 5.83. The first kappa shape index (κ1) is 15.9. The molecule has 0 radical (unpaired) electrons. The average molecular weight is 339 g/mol. The van der Waals surface area contributed by atoms with Crippen molar-refractivity contribution in [1.29, 1.82) is 0 Å². The van der Waals surface area contributed by atoms with Gasteiger partial charge in [0.25, 0.3) is 0 Å². The van der Waals surface area contributed by atoms with E-state index in [1.165, 1.54) is 17.5 Å². The predicted molar refractivity (Wildman–Crippen MR) is 89.0 cm³/mol. The molecule has 0 saturated carbocycles. The summed E-state index contributed by atoms with van der Waals surface area (Å²) in [5, 5.41) is 0. The summed E-state index contributed by atoms with van der Waals surface area (Å²) in [5.41, 5.74) is 2.84. The van der Waals surface area contributed by atoms with E-state index in [1.54, 1.807) is 23.7 Å². The lowest BCUT2D eigenvalue weighted by Crippen LogP contribution is -2.38. The van der Waals surface area contributed by atoms with Gasteiger partial charge in [0, 0.05) is 18.0 Å². The molecular formula is C16H21NO3S2. The minimum absolute atomic E-state index is 0.00704. The highest BCUT2D eigenvalue weighted by atomic mass is 32.2. The van der Waals surface area contributed by atoms with Crippen molar-refractivity contribution < 1.29 is 13.2 Å². The lowest BCUT2D eigenvalue weighted by Gasteiger charge is -2.23. The Hall–Kier alpha value is -1.01. The zero-order valence-corrected chi connectivity index (χ0v) is 14.4. The van der Waals surface area contributed by atoms with Gasteiger partial charge in [-0.3, -0.25) is 4.79 Å². The Morgan fingerprint density at radius 1 is 1.32 bits per heavy atom. The molecule has 1 aromatic rings. The predicted octanol–water partition coefficient (Wildman–Crippen LogP) is 1.91. The quantitative estimate of drug-likeness (QED) is 0.787. The van der Waals surface area contributed by atoms with E-state index in [0.717, 1.165) is 17.7 Å². The Bertz CT molecular complexity index is 685. The van der Waals surface area contributed by atoms with E-state index in [0.29, 0.717) is 12.2 Å². The first-order valence-corrected chi connectivity index (χ1v) is 10.5. The molecule has 1 heterocycles. The molecule has 1 atom stereocenters. The Labute approximate surface area is 136 Å². The number of carbonyl (C=O) groups is 1. The molecule has 1 fully saturated rings. The summed E-state index contributed by atoms with van der Waals surface area (Å²) in [7, 11) is -1.23. The third-order valence-corrected chi connectivity index (χ3v) is 7.31. The van der Waals surface area contributed by atoms with Gasteiger partial charge in [0.2, 0.25) is 5.91 Å². The van der Waals surface area contributed by atoms with Crippen LogP contribution in [0.5, 0.6) is 0 Å². The van der Waals surface area contributed by atoms with E-state index in [4.69, 9.17) is 0 Å². The van der Waals surface area contributed by atoms with Crippen LogP contribution in [0, 0.1) is 0 Å². The molecule has 120 valence electrons. The topological polar surface area (TPSA) is 54.5 Å². The van der Waals surface area contributed by atoms with Crippen molar-refractivity contribution in [1.82, 2.24) is 4.90 Å². The second-order valence-electron chi connectivity index (χ2n) is 6.13. The molecule has 0 aromatic heterocycles. The zero-order valence-electron chi connectivity index (χ0n) is 12.7. The molecule has 2 aliphatic rings. The molecule has 0 bridgehead atoms. The number of thioether (sulfide) groups is 1. The number of aryl methyl sites for hydroxylation is 2. The number of nitrogens with zero attached hydrogens (tertiary/aromatic N) is 1. The van der Waals surface area contributed by atoms with Gasteiger partial charge >= 0.3 is 0 Å². The Morgan fingerprint density at radius 2 is 2.09 bits per heavy atom. The fraction of sp³-hybridized carbons (Fsp3) is 0.562.